The highest BCUT2D eigenvalue weighted by atomic mass is 16.1. The maximum atomic E-state index is 11.3. The third-order valence-corrected chi connectivity index (χ3v) is 3.05. The van der Waals surface area contributed by atoms with Crippen LogP contribution in [-0.2, 0) is 11.3 Å². The molecule has 2 rings (SSSR count). The van der Waals surface area contributed by atoms with Crippen molar-refractivity contribution in [1.82, 2.24) is 9.88 Å². The van der Waals surface area contributed by atoms with Crippen molar-refractivity contribution in [3.63, 3.8) is 0 Å². The molecule has 1 unspecified atom stereocenters. The molecule has 17 heavy (non-hydrogen) atoms. The fourth-order valence-corrected chi connectivity index (χ4v) is 2.22. The van der Waals surface area contributed by atoms with E-state index in [9.17, 15) is 4.79 Å². The van der Waals surface area contributed by atoms with Crippen molar-refractivity contribution in [1.29, 1.82) is 0 Å². The van der Waals surface area contributed by atoms with Crippen LogP contribution in [-0.4, -0.2) is 28.4 Å². The lowest BCUT2D eigenvalue weighted by molar-refractivity contribution is -0.122. The van der Waals surface area contributed by atoms with Crippen molar-refractivity contribution in [3.8, 4) is 0 Å². The number of nitrogens with zero attached hydrogens (tertiary/aromatic N) is 2. The fourth-order valence-electron chi connectivity index (χ4n) is 2.22. The van der Waals surface area contributed by atoms with E-state index in [0.717, 1.165) is 24.9 Å². The third kappa shape index (κ3) is 2.72. The molecule has 6 nitrogen and oxygen atoms in total. The Bertz CT molecular complexity index is 409. The van der Waals surface area contributed by atoms with Gasteiger partial charge in [-0.25, -0.2) is 10.8 Å². The summed E-state index contributed by atoms with van der Waals surface area (Å²) in [6.07, 6.45) is 3.56. The summed E-state index contributed by atoms with van der Waals surface area (Å²) in [4.78, 5) is 17.4. The van der Waals surface area contributed by atoms with E-state index in [-0.39, 0.29) is 11.9 Å². The average Bonchev–Trinajstić information content (AvgIpc) is 2.77. The lowest BCUT2D eigenvalue weighted by Crippen LogP contribution is -2.39. The van der Waals surface area contributed by atoms with Gasteiger partial charge >= 0.3 is 0 Å². The molecule has 0 aromatic carbocycles. The van der Waals surface area contributed by atoms with Gasteiger partial charge in [-0.3, -0.25) is 9.69 Å². The lowest BCUT2D eigenvalue weighted by atomic mass is 10.2. The van der Waals surface area contributed by atoms with Crippen LogP contribution in [0.4, 0.5) is 5.82 Å². The van der Waals surface area contributed by atoms with E-state index in [2.05, 4.69) is 15.3 Å². The van der Waals surface area contributed by atoms with Crippen molar-refractivity contribution in [2.45, 2.75) is 25.4 Å². The van der Waals surface area contributed by atoms with Crippen LogP contribution in [0.5, 0.6) is 0 Å². The molecule has 92 valence electrons. The number of nitrogens with two attached hydrogens (primary N) is 2. The SMILES string of the molecule is NNc1cc(CN2CCCC2C(N)=O)ccn1. The maximum Gasteiger partial charge on any atom is 0.234 e. The van der Waals surface area contributed by atoms with Gasteiger partial charge in [0.15, 0.2) is 0 Å². The number of aromatic nitrogens is 1. The highest BCUT2D eigenvalue weighted by Gasteiger charge is 2.28. The molecule has 0 saturated carbocycles. The molecule has 1 aromatic heterocycles. The summed E-state index contributed by atoms with van der Waals surface area (Å²) in [6, 6.07) is 3.64. The molecule has 0 spiro atoms. The van der Waals surface area contributed by atoms with Gasteiger partial charge in [-0.2, -0.15) is 0 Å². The Morgan fingerprint density at radius 1 is 1.65 bits per heavy atom. The quantitative estimate of drug-likeness (QED) is 0.496. The fraction of sp³-hybridized carbons (Fsp3) is 0.455. The van der Waals surface area contributed by atoms with Gasteiger partial charge in [-0.05, 0) is 37.1 Å². The summed E-state index contributed by atoms with van der Waals surface area (Å²) >= 11 is 0. The van der Waals surface area contributed by atoms with Gasteiger partial charge in [-0.1, -0.05) is 0 Å². The van der Waals surface area contributed by atoms with Gasteiger partial charge in [0.05, 0.1) is 6.04 Å². The smallest absolute Gasteiger partial charge is 0.234 e. The molecular weight excluding hydrogens is 218 g/mol. The van der Waals surface area contributed by atoms with E-state index in [4.69, 9.17) is 11.6 Å². The summed E-state index contributed by atoms with van der Waals surface area (Å²) in [5.74, 6) is 5.68. The molecule has 1 saturated heterocycles. The zero-order valence-corrected chi connectivity index (χ0v) is 9.60. The molecule has 2 heterocycles. The Kier molecular flexibility index (Phi) is 3.55. The molecule has 1 aromatic rings. The minimum atomic E-state index is -0.242. The number of pyridine rings is 1. The topological polar surface area (TPSA) is 97.3 Å². The first-order valence-corrected chi connectivity index (χ1v) is 5.65. The lowest BCUT2D eigenvalue weighted by Gasteiger charge is -2.21. The number of hydrogen-bond acceptors (Lipinski definition) is 5. The standard InChI is InChI=1S/C11H17N5O/c12-11(17)9-2-1-5-16(9)7-8-3-4-14-10(6-8)15-13/h3-4,6,9H,1-2,5,7,13H2,(H2,12,17)(H,14,15). The van der Waals surface area contributed by atoms with Crippen LogP contribution in [0.2, 0.25) is 0 Å². The summed E-state index contributed by atoms with van der Waals surface area (Å²) in [6.45, 7) is 1.60. The van der Waals surface area contributed by atoms with E-state index in [1.54, 1.807) is 6.20 Å². The first kappa shape index (κ1) is 11.8. The molecule has 1 aliphatic rings. The molecule has 1 amide bonds. The number of rotatable bonds is 4. The average molecular weight is 235 g/mol. The minimum Gasteiger partial charge on any atom is -0.368 e. The van der Waals surface area contributed by atoms with Crippen LogP contribution in [0.1, 0.15) is 18.4 Å². The Morgan fingerprint density at radius 2 is 2.47 bits per heavy atom. The van der Waals surface area contributed by atoms with Gasteiger partial charge in [0, 0.05) is 12.7 Å². The third-order valence-electron chi connectivity index (χ3n) is 3.05. The number of nitrogen functional groups attached to an aromatic ring is 1. The van der Waals surface area contributed by atoms with Crippen LogP contribution in [0.25, 0.3) is 0 Å². The molecular formula is C11H17N5O. The highest BCUT2D eigenvalue weighted by Crippen LogP contribution is 2.20. The molecule has 0 radical (unpaired) electrons. The van der Waals surface area contributed by atoms with Crippen LogP contribution >= 0.6 is 0 Å². The number of primary amides is 1. The van der Waals surface area contributed by atoms with E-state index in [1.165, 1.54) is 0 Å². The predicted molar refractivity (Wildman–Crippen MR) is 64.7 cm³/mol. The number of anilines is 1. The number of amides is 1. The van der Waals surface area contributed by atoms with Gasteiger partial charge in [-0.15, -0.1) is 0 Å². The van der Waals surface area contributed by atoms with Crippen molar-refractivity contribution in [2.75, 3.05) is 12.0 Å². The first-order chi connectivity index (χ1) is 8.20. The zero-order chi connectivity index (χ0) is 12.3. The van der Waals surface area contributed by atoms with Crippen LogP contribution in [0.3, 0.4) is 0 Å². The summed E-state index contributed by atoms with van der Waals surface area (Å²) in [5, 5.41) is 0. The van der Waals surface area contributed by atoms with Gasteiger partial charge in [0.2, 0.25) is 5.91 Å². The monoisotopic (exact) mass is 235 g/mol. The van der Waals surface area contributed by atoms with Crippen molar-refractivity contribution in [3.05, 3.63) is 23.9 Å². The molecule has 0 bridgehead atoms. The molecule has 1 fully saturated rings. The maximum absolute atomic E-state index is 11.3. The number of likely N-dealkylation sites (tertiary alicyclic amines) is 1. The minimum absolute atomic E-state index is 0.141. The predicted octanol–water partition coefficient (Wildman–Crippen LogP) is -0.183. The summed E-state index contributed by atoms with van der Waals surface area (Å²) in [5.41, 5.74) is 8.95. The van der Waals surface area contributed by atoms with Crippen LogP contribution < -0.4 is 17.0 Å². The molecule has 6 heteroatoms. The molecule has 0 aliphatic carbocycles. The number of carbonyl (C=O) groups excluding carboxylic acids is 1. The second kappa shape index (κ2) is 5.11. The van der Waals surface area contributed by atoms with Gasteiger partial charge in [0.25, 0.3) is 0 Å². The Balaban J connectivity index is 2.06. The molecule has 1 aliphatic heterocycles. The van der Waals surface area contributed by atoms with Crippen molar-refractivity contribution < 1.29 is 4.79 Å². The van der Waals surface area contributed by atoms with E-state index in [0.29, 0.717) is 12.4 Å². The summed E-state index contributed by atoms with van der Waals surface area (Å²) < 4.78 is 0. The largest absolute Gasteiger partial charge is 0.368 e. The number of hydrogen-bond donors (Lipinski definition) is 3. The first-order valence-electron chi connectivity index (χ1n) is 5.65. The van der Waals surface area contributed by atoms with Crippen molar-refractivity contribution in [2.24, 2.45) is 11.6 Å². The second-order valence-electron chi connectivity index (χ2n) is 4.22. The number of carbonyl (C=O) groups is 1. The van der Waals surface area contributed by atoms with Gasteiger partial charge < -0.3 is 11.2 Å². The van der Waals surface area contributed by atoms with Crippen LogP contribution in [0, 0.1) is 0 Å². The number of nitrogens with one attached hydrogen (secondary N) is 1. The number of hydrazine groups is 1. The normalized spacial score (nSPS) is 20.4. The Hall–Kier alpha value is -1.66. The molecule has 1 atom stereocenters. The zero-order valence-electron chi connectivity index (χ0n) is 9.60. The van der Waals surface area contributed by atoms with E-state index in [1.807, 2.05) is 12.1 Å². The molecule has 5 N–H and O–H groups in total. The van der Waals surface area contributed by atoms with E-state index < -0.39 is 0 Å². The van der Waals surface area contributed by atoms with Crippen LogP contribution in [0.15, 0.2) is 18.3 Å². The van der Waals surface area contributed by atoms with E-state index >= 15 is 0 Å². The highest BCUT2D eigenvalue weighted by molar-refractivity contribution is 5.80. The summed E-state index contributed by atoms with van der Waals surface area (Å²) in [7, 11) is 0. The second-order valence-corrected chi connectivity index (χ2v) is 4.22. The Morgan fingerprint density at radius 3 is 3.18 bits per heavy atom. The Labute approximate surface area is 100.0 Å². The van der Waals surface area contributed by atoms with Crippen molar-refractivity contribution >= 4 is 11.7 Å². The van der Waals surface area contributed by atoms with Gasteiger partial charge in [0.1, 0.15) is 5.82 Å².